The predicted molar refractivity (Wildman–Crippen MR) is 69.7 cm³/mol. The highest BCUT2D eigenvalue weighted by atomic mass is 16.3. The summed E-state index contributed by atoms with van der Waals surface area (Å²) >= 11 is 0. The summed E-state index contributed by atoms with van der Waals surface area (Å²) in [5.41, 5.74) is 1.94. The Morgan fingerprint density at radius 3 is 2.56 bits per heavy atom. The van der Waals surface area contributed by atoms with E-state index in [9.17, 15) is 4.79 Å². The van der Waals surface area contributed by atoms with Crippen molar-refractivity contribution in [2.24, 2.45) is 11.8 Å². The number of hydrogen-bond acceptors (Lipinski definition) is 3. The van der Waals surface area contributed by atoms with Gasteiger partial charge in [0.05, 0.1) is 12.5 Å². The van der Waals surface area contributed by atoms with E-state index >= 15 is 0 Å². The molecule has 0 saturated carbocycles. The second-order valence-corrected chi connectivity index (χ2v) is 4.93. The van der Waals surface area contributed by atoms with Crippen LogP contribution >= 0.6 is 0 Å². The van der Waals surface area contributed by atoms with Gasteiger partial charge in [-0.15, -0.1) is 0 Å². The number of amides is 1. The lowest BCUT2D eigenvalue weighted by atomic mass is 9.97. The smallest absolute Gasteiger partial charge is 0.224 e. The van der Waals surface area contributed by atoms with Gasteiger partial charge in [0, 0.05) is 13.1 Å². The van der Waals surface area contributed by atoms with Crippen LogP contribution in [0, 0.1) is 11.8 Å². The summed E-state index contributed by atoms with van der Waals surface area (Å²) in [7, 11) is 0. The molecule has 1 aromatic rings. The number of benzene rings is 1. The number of carbonyl (C=O) groups is 1. The lowest BCUT2D eigenvalue weighted by molar-refractivity contribution is -0.125. The van der Waals surface area contributed by atoms with E-state index in [0.717, 1.165) is 24.2 Å². The fourth-order valence-corrected chi connectivity index (χ4v) is 2.24. The first kappa shape index (κ1) is 13.1. The largest absolute Gasteiger partial charge is 0.392 e. The maximum atomic E-state index is 12.0. The predicted octanol–water partition coefficient (Wildman–Crippen LogP) is 0.651. The highest BCUT2D eigenvalue weighted by Crippen LogP contribution is 2.15. The molecule has 0 aliphatic carbocycles. The Morgan fingerprint density at radius 1 is 1.33 bits per heavy atom. The van der Waals surface area contributed by atoms with Crippen LogP contribution in [0.25, 0.3) is 0 Å². The highest BCUT2D eigenvalue weighted by molar-refractivity contribution is 5.79. The minimum Gasteiger partial charge on any atom is -0.392 e. The fourth-order valence-electron chi connectivity index (χ4n) is 2.24. The standard InChI is InChI=1S/C14H20N2O2/c1-10-6-15-8-13(10)14(18)16-7-11-2-4-12(9-17)5-3-11/h2-5,10,13,15,17H,6-9H2,1H3,(H,16,18)/t10-,13-/m1/s1. The number of nitrogens with one attached hydrogen (secondary N) is 2. The van der Waals surface area contributed by atoms with Crippen LogP contribution in [-0.4, -0.2) is 24.1 Å². The molecule has 4 nitrogen and oxygen atoms in total. The Balaban J connectivity index is 1.85. The number of carbonyl (C=O) groups excluding carboxylic acids is 1. The molecule has 1 saturated heterocycles. The van der Waals surface area contributed by atoms with Gasteiger partial charge in [0.25, 0.3) is 0 Å². The second-order valence-electron chi connectivity index (χ2n) is 4.93. The molecule has 18 heavy (non-hydrogen) atoms. The molecule has 0 radical (unpaired) electrons. The SMILES string of the molecule is C[C@@H]1CNC[C@H]1C(=O)NCc1ccc(CO)cc1. The van der Waals surface area contributed by atoms with Crippen molar-refractivity contribution < 1.29 is 9.90 Å². The van der Waals surface area contributed by atoms with E-state index in [-0.39, 0.29) is 18.4 Å². The van der Waals surface area contributed by atoms with Crippen molar-refractivity contribution in [1.82, 2.24) is 10.6 Å². The summed E-state index contributed by atoms with van der Waals surface area (Å²) in [6.07, 6.45) is 0. The third-order valence-corrected chi connectivity index (χ3v) is 3.53. The van der Waals surface area contributed by atoms with E-state index in [2.05, 4.69) is 17.6 Å². The molecule has 0 aromatic heterocycles. The van der Waals surface area contributed by atoms with Crippen LogP contribution in [0.2, 0.25) is 0 Å². The Bertz CT molecular complexity index is 403. The summed E-state index contributed by atoms with van der Waals surface area (Å²) < 4.78 is 0. The zero-order valence-corrected chi connectivity index (χ0v) is 10.6. The second kappa shape index (κ2) is 5.98. The van der Waals surface area contributed by atoms with Crippen LogP contribution < -0.4 is 10.6 Å². The van der Waals surface area contributed by atoms with Crippen molar-refractivity contribution in [3.05, 3.63) is 35.4 Å². The normalized spacial score (nSPS) is 23.0. The topological polar surface area (TPSA) is 61.4 Å². The lowest BCUT2D eigenvalue weighted by Crippen LogP contribution is -2.33. The Labute approximate surface area is 107 Å². The fraction of sp³-hybridized carbons (Fsp3) is 0.500. The zero-order valence-electron chi connectivity index (χ0n) is 10.6. The first-order chi connectivity index (χ1) is 8.70. The summed E-state index contributed by atoms with van der Waals surface area (Å²) in [4.78, 5) is 12.0. The molecule has 3 N–H and O–H groups in total. The molecular formula is C14H20N2O2. The minimum absolute atomic E-state index is 0.0535. The van der Waals surface area contributed by atoms with Crippen molar-refractivity contribution >= 4 is 5.91 Å². The number of aliphatic hydroxyl groups excluding tert-OH is 1. The van der Waals surface area contributed by atoms with E-state index in [1.54, 1.807) is 0 Å². The average Bonchev–Trinajstić information content (AvgIpc) is 2.83. The summed E-state index contributed by atoms with van der Waals surface area (Å²) in [5.74, 6) is 0.613. The van der Waals surface area contributed by atoms with Crippen molar-refractivity contribution in [1.29, 1.82) is 0 Å². The van der Waals surface area contributed by atoms with Crippen LogP contribution in [0.1, 0.15) is 18.1 Å². The van der Waals surface area contributed by atoms with E-state index in [0.29, 0.717) is 12.5 Å². The molecular weight excluding hydrogens is 228 g/mol. The molecule has 0 bridgehead atoms. The van der Waals surface area contributed by atoms with Gasteiger partial charge in [-0.25, -0.2) is 0 Å². The van der Waals surface area contributed by atoms with E-state index in [4.69, 9.17) is 5.11 Å². The molecule has 2 atom stereocenters. The van der Waals surface area contributed by atoms with E-state index < -0.39 is 0 Å². The number of rotatable bonds is 4. The molecule has 98 valence electrons. The van der Waals surface area contributed by atoms with Gasteiger partial charge in [-0.1, -0.05) is 31.2 Å². The number of aliphatic hydroxyl groups is 1. The van der Waals surface area contributed by atoms with Gasteiger partial charge in [-0.2, -0.15) is 0 Å². The minimum atomic E-state index is 0.0535. The lowest BCUT2D eigenvalue weighted by Gasteiger charge is -2.14. The zero-order chi connectivity index (χ0) is 13.0. The molecule has 1 aromatic carbocycles. The Kier molecular flexibility index (Phi) is 4.33. The summed E-state index contributed by atoms with van der Waals surface area (Å²) in [5, 5.41) is 15.1. The highest BCUT2D eigenvalue weighted by Gasteiger charge is 2.29. The van der Waals surface area contributed by atoms with E-state index in [1.165, 1.54) is 0 Å². The van der Waals surface area contributed by atoms with Gasteiger partial charge in [0.1, 0.15) is 0 Å². The molecule has 1 amide bonds. The third-order valence-electron chi connectivity index (χ3n) is 3.53. The number of hydrogen-bond donors (Lipinski definition) is 3. The first-order valence-electron chi connectivity index (χ1n) is 6.38. The van der Waals surface area contributed by atoms with Crippen LogP contribution in [0.5, 0.6) is 0 Å². The molecule has 2 rings (SSSR count). The summed E-state index contributed by atoms with van der Waals surface area (Å²) in [6, 6.07) is 7.62. The molecule has 1 fully saturated rings. The summed E-state index contributed by atoms with van der Waals surface area (Å²) in [6.45, 7) is 4.39. The molecule has 0 spiro atoms. The van der Waals surface area contributed by atoms with Crippen LogP contribution in [-0.2, 0) is 17.9 Å². The van der Waals surface area contributed by atoms with Crippen molar-refractivity contribution in [2.45, 2.75) is 20.1 Å². The van der Waals surface area contributed by atoms with Gasteiger partial charge < -0.3 is 15.7 Å². The van der Waals surface area contributed by atoms with E-state index in [1.807, 2.05) is 24.3 Å². The molecule has 0 unspecified atom stereocenters. The molecule has 4 heteroatoms. The molecule has 1 heterocycles. The van der Waals surface area contributed by atoms with Gasteiger partial charge in [-0.3, -0.25) is 4.79 Å². The average molecular weight is 248 g/mol. The molecule has 1 aliphatic heterocycles. The van der Waals surface area contributed by atoms with Gasteiger partial charge in [0.2, 0.25) is 5.91 Å². The van der Waals surface area contributed by atoms with Crippen molar-refractivity contribution in [3.63, 3.8) is 0 Å². The maximum absolute atomic E-state index is 12.0. The van der Waals surface area contributed by atoms with Gasteiger partial charge in [-0.05, 0) is 23.6 Å². The Hall–Kier alpha value is -1.39. The monoisotopic (exact) mass is 248 g/mol. The maximum Gasteiger partial charge on any atom is 0.224 e. The Morgan fingerprint density at radius 2 is 2.00 bits per heavy atom. The van der Waals surface area contributed by atoms with Crippen LogP contribution in [0.3, 0.4) is 0 Å². The first-order valence-corrected chi connectivity index (χ1v) is 6.38. The quantitative estimate of drug-likeness (QED) is 0.733. The molecule has 1 aliphatic rings. The third kappa shape index (κ3) is 3.09. The van der Waals surface area contributed by atoms with Gasteiger partial charge in [0.15, 0.2) is 0 Å². The van der Waals surface area contributed by atoms with Crippen molar-refractivity contribution in [3.8, 4) is 0 Å². The van der Waals surface area contributed by atoms with Crippen LogP contribution in [0.15, 0.2) is 24.3 Å². The van der Waals surface area contributed by atoms with Crippen molar-refractivity contribution in [2.75, 3.05) is 13.1 Å². The van der Waals surface area contributed by atoms with Gasteiger partial charge >= 0.3 is 0 Å². The van der Waals surface area contributed by atoms with Crippen LogP contribution in [0.4, 0.5) is 0 Å².